The number of hydrogen-bond acceptors (Lipinski definition) is 3. The van der Waals surface area contributed by atoms with Crippen LogP contribution in [0, 0.1) is 17.3 Å². The third kappa shape index (κ3) is 1.66. The summed E-state index contributed by atoms with van der Waals surface area (Å²) in [6.45, 7) is 4.69. The van der Waals surface area contributed by atoms with Gasteiger partial charge in [-0.2, -0.15) is 0 Å². The molecule has 0 radical (unpaired) electrons. The van der Waals surface area contributed by atoms with Gasteiger partial charge in [0, 0.05) is 18.3 Å². The largest absolute Gasteiger partial charge is 0.465 e. The molecule has 0 saturated heterocycles. The molecule has 0 N–H and O–H groups in total. The van der Waals surface area contributed by atoms with Gasteiger partial charge in [-0.1, -0.05) is 6.92 Å². The Morgan fingerprint density at radius 2 is 2.25 bits per heavy atom. The lowest BCUT2D eigenvalue weighted by Gasteiger charge is -2.41. The second kappa shape index (κ2) is 4.19. The van der Waals surface area contributed by atoms with Crippen LogP contribution in [-0.2, 0) is 14.3 Å². The number of ketones is 1. The molecule has 0 aromatic carbocycles. The van der Waals surface area contributed by atoms with Gasteiger partial charge in [0.05, 0.1) is 0 Å². The average Bonchev–Trinajstić information content (AvgIpc) is 2.57. The highest BCUT2D eigenvalue weighted by Crippen LogP contribution is 2.55. The summed E-state index contributed by atoms with van der Waals surface area (Å²) in [5, 5.41) is 0. The topological polar surface area (TPSA) is 43.4 Å². The maximum Gasteiger partial charge on any atom is 0.293 e. The van der Waals surface area contributed by atoms with Crippen LogP contribution in [0.15, 0.2) is 0 Å². The molecule has 0 aromatic rings. The van der Waals surface area contributed by atoms with Gasteiger partial charge in [-0.25, -0.2) is 0 Å². The molecule has 3 heteroatoms. The van der Waals surface area contributed by atoms with Crippen LogP contribution in [0.25, 0.3) is 0 Å². The van der Waals surface area contributed by atoms with Gasteiger partial charge in [0.1, 0.15) is 11.9 Å². The van der Waals surface area contributed by atoms with Gasteiger partial charge in [-0.3, -0.25) is 9.59 Å². The van der Waals surface area contributed by atoms with Gasteiger partial charge < -0.3 is 4.74 Å². The molecule has 2 aliphatic carbocycles. The highest BCUT2D eigenvalue weighted by atomic mass is 16.5. The third-order valence-electron chi connectivity index (χ3n) is 4.77. The Hall–Kier alpha value is -0.860. The van der Waals surface area contributed by atoms with Crippen molar-refractivity contribution in [2.75, 3.05) is 0 Å². The minimum Gasteiger partial charge on any atom is -0.465 e. The molecular weight excluding hydrogens is 204 g/mol. The van der Waals surface area contributed by atoms with E-state index in [1.807, 2.05) is 6.92 Å². The normalized spacial score (nSPS) is 40.2. The number of rotatable bonds is 3. The van der Waals surface area contributed by atoms with E-state index < -0.39 is 0 Å². The van der Waals surface area contributed by atoms with E-state index in [0.29, 0.717) is 18.2 Å². The lowest BCUT2D eigenvalue weighted by molar-refractivity contribution is -0.139. The molecule has 0 aromatic heterocycles. The zero-order valence-electron chi connectivity index (χ0n) is 10.1. The van der Waals surface area contributed by atoms with Gasteiger partial charge in [0.15, 0.2) is 0 Å². The number of Topliss-reactive ketones (excluding diaryl/α,β-unsaturated/α-hetero) is 1. The summed E-state index contributed by atoms with van der Waals surface area (Å²) >= 11 is 0. The molecular formula is C13H20O3. The second-order valence-corrected chi connectivity index (χ2v) is 5.50. The van der Waals surface area contributed by atoms with Crippen LogP contribution in [0.3, 0.4) is 0 Å². The Balaban J connectivity index is 2.17. The molecule has 0 aliphatic heterocycles. The molecule has 2 fully saturated rings. The Morgan fingerprint density at radius 3 is 2.94 bits per heavy atom. The van der Waals surface area contributed by atoms with Crippen LogP contribution in [-0.4, -0.2) is 18.4 Å². The molecule has 4 atom stereocenters. The van der Waals surface area contributed by atoms with Gasteiger partial charge in [0.25, 0.3) is 6.47 Å². The van der Waals surface area contributed by atoms with Gasteiger partial charge in [0.2, 0.25) is 0 Å². The number of carbonyl (C=O) groups is 2. The Kier molecular flexibility index (Phi) is 3.04. The van der Waals surface area contributed by atoms with E-state index in [1.54, 1.807) is 0 Å². The molecule has 0 bridgehead atoms. The predicted octanol–water partition coefficient (Wildman–Crippen LogP) is 2.33. The van der Waals surface area contributed by atoms with Crippen molar-refractivity contribution in [3.05, 3.63) is 0 Å². The van der Waals surface area contributed by atoms with Crippen LogP contribution in [0.1, 0.15) is 46.0 Å². The SMILES string of the molecule is C[C@H](OC=O)[C@H]1CCC2C(=O)CCC[C@@]21C. The lowest BCUT2D eigenvalue weighted by Crippen LogP contribution is -2.41. The number of carbonyl (C=O) groups excluding carboxylic acids is 2. The summed E-state index contributed by atoms with van der Waals surface area (Å²) < 4.78 is 5.08. The minimum absolute atomic E-state index is 0.0570. The molecule has 3 nitrogen and oxygen atoms in total. The summed E-state index contributed by atoms with van der Waals surface area (Å²) in [7, 11) is 0. The fraction of sp³-hybridized carbons (Fsp3) is 0.846. The second-order valence-electron chi connectivity index (χ2n) is 5.50. The van der Waals surface area contributed by atoms with Crippen molar-refractivity contribution < 1.29 is 14.3 Å². The van der Waals surface area contributed by atoms with Gasteiger partial charge in [-0.15, -0.1) is 0 Å². The summed E-state index contributed by atoms with van der Waals surface area (Å²) in [5.74, 6) is 0.991. The van der Waals surface area contributed by atoms with Crippen molar-refractivity contribution in [1.29, 1.82) is 0 Å². The van der Waals surface area contributed by atoms with E-state index >= 15 is 0 Å². The van der Waals surface area contributed by atoms with E-state index in [0.717, 1.165) is 32.1 Å². The van der Waals surface area contributed by atoms with E-state index in [4.69, 9.17) is 4.74 Å². The first-order valence-corrected chi connectivity index (χ1v) is 6.21. The summed E-state index contributed by atoms with van der Waals surface area (Å²) in [6.07, 6.45) is 4.78. The van der Waals surface area contributed by atoms with Crippen molar-refractivity contribution in [3.8, 4) is 0 Å². The molecule has 16 heavy (non-hydrogen) atoms. The standard InChI is InChI=1S/C13H20O3/c1-9(16-8-14)10-5-6-11-12(15)4-3-7-13(10,11)2/h8-11H,3-7H2,1-2H3/t9-,10+,11?,13+/m0/s1. The van der Waals surface area contributed by atoms with Crippen molar-refractivity contribution in [3.63, 3.8) is 0 Å². The predicted molar refractivity (Wildman–Crippen MR) is 59.8 cm³/mol. The van der Waals surface area contributed by atoms with Crippen molar-refractivity contribution in [2.24, 2.45) is 17.3 Å². The maximum absolute atomic E-state index is 11.9. The molecule has 0 heterocycles. The summed E-state index contributed by atoms with van der Waals surface area (Å²) in [5.41, 5.74) is 0.0672. The zero-order valence-corrected chi connectivity index (χ0v) is 10.1. The summed E-state index contributed by atoms with van der Waals surface area (Å²) in [6, 6.07) is 0. The van der Waals surface area contributed by atoms with Crippen LogP contribution < -0.4 is 0 Å². The fourth-order valence-electron chi connectivity index (χ4n) is 3.92. The molecule has 2 aliphatic rings. The molecule has 90 valence electrons. The highest BCUT2D eigenvalue weighted by Gasteiger charge is 2.53. The van der Waals surface area contributed by atoms with E-state index in [2.05, 4.69) is 6.92 Å². The monoisotopic (exact) mass is 224 g/mol. The highest BCUT2D eigenvalue weighted by molar-refractivity contribution is 5.83. The van der Waals surface area contributed by atoms with E-state index in [9.17, 15) is 9.59 Å². The smallest absolute Gasteiger partial charge is 0.293 e. The molecule has 0 amide bonds. The summed E-state index contributed by atoms with van der Waals surface area (Å²) in [4.78, 5) is 22.3. The Bertz CT molecular complexity index is 300. The van der Waals surface area contributed by atoms with Gasteiger partial charge in [-0.05, 0) is 38.0 Å². The number of hydrogen-bond donors (Lipinski definition) is 0. The first kappa shape index (κ1) is 11.6. The molecule has 1 unspecified atom stereocenters. The van der Waals surface area contributed by atoms with Crippen LogP contribution in [0.2, 0.25) is 0 Å². The van der Waals surface area contributed by atoms with Crippen LogP contribution >= 0.6 is 0 Å². The van der Waals surface area contributed by atoms with E-state index in [-0.39, 0.29) is 17.4 Å². The van der Waals surface area contributed by atoms with Gasteiger partial charge >= 0.3 is 0 Å². The lowest BCUT2D eigenvalue weighted by atomic mass is 9.64. The molecule has 2 saturated carbocycles. The average molecular weight is 224 g/mol. The number of ether oxygens (including phenoxy) is 1. The maximum atomic E-state index is 11.9. The fourth-order valence-corrected chi connectivity index (χ4v) is 3.92. The van der Waals surface area contributed by atoms with E-state index in [1.165, 1.54) is 0 Å². The van der Waals surface area contributed by atoms with Crippen molar-refractivity contribution >= 4 is 12.3 Å². The molecule has 2 rings (SSSR count). The van der Waals surface area contributed by atoms with Crippen molar-refractivity contribution in [1.82, 2.24) is 0 Å². The number of fused-ring (bicyclic) bond motifs is 1. The molecule has 0 spiro atoms. The first-order chi connectivity index (χ1) is 7.59. The van der Waals surface area contributed by atoms with Crippen LogP contribution in [0.4, 0.5) is 0 Å². The third-order valence-corrected chi connectivity index (χ3v) is 4.77. The first-order valence-electron chi connectivity index (χ1n) is 6.21. The van der Waals surface area contributed by atoms with Crippen LogP contribution in [0.5, 0.6) is 0 Å². The Morgan fingerprint density at radius 1 is 1.50 bits per heavy atom. The zero-order chi connectivity index (χ0) is 11.8. The Labute approximate surface area is 96.5 Å². The quantitative estimate of drug-likeness (QED) is 0.691. The van der Waals surface area contributed by atoms with Crippen molar-refractivity contribution in [2.45, 2.75) is 52.1 Å². The minimum atomic E-state index is -0.0570.